The minimum Gasteiger partial charge on any atom is -0.462 e. The lowest BCUT2D eigenvalue weighted by Gasteiger charge is -2.33. The molecule has 39 heavy (non-hydrogen) atoms. The third-order valence-corrected chi connectivity index (χ3v) is 9.10. The Balaban J connectivity index is 1.60. The summed E-state index contributed by atoms with van der Waals surface area (Å²) in [6.45, 7) is 10.8. The molecule has 0 radical (unpaired) electrons. The maximum Gasteiger partial charge on any atom is 0.341 e. The Kier molecular flexibility index (Phi) is 7.53. The Morgan fingerprint density at radius 3 is 2.51 bits per heavy atom. The van der Waals surface area contributed by atoms with Crippen LogP contribution < -0.4 is 5.32 Å². The molecule has 0 aliphatic heterocycles. The predicted octanol–water partition coefficient (Wildman–Crippen LogP) is 8.51. The number of anilines is 1. The average Bonchev–Trinajstić information content (AvgIpc) is 3.25. The summed E-state index contributed by atoms with van der Waals surface area (Å²) in [5, 5.41) is 5.09. The molecule has 202 valence electrons. The quantitative estimate of drug-likeness (QED) is 0.248. The van der Waals surface area contributed by atoms with Gasteiger partial charge in [-0.2, -0.15) is 0 Å². The van der Waals surface area contributed by atoms with Crippen LogP contribution in [0.3, 0.4) is 0 Å². The van der Waals surface area contributed by atoms with Crippen molar-refractivity contribution >= 4 is 50.7 Å². The fourth-order valence-electron chi connectivity index (χ4n) is 5.49. The van der Waals surface area contributed by atoms with E-state index in [1.54, 1.807) is 6.92 Å². The normalized spacial score (nSPS) is 15.2. The number of halogens is 1. The molecule has 4 aromatic rings. The first kappa shape index (κ1) is 27.4. The number of carbonyl (C=O) groups excluding carboxylic acids is 2. The lowest BCUT2D eigenvalue weighted by atomic mass is 9.72. The third kappa shape index (κ3) is 5.32. The van der Waals surface area contributed by atoms with Crippen LogP contribution in [0.25, 0.3) is 22.2 Å². The summed E-state index contributed by atoms with van der Waals surface area (Å²) in [5.74, 6) is -0.133. The van der Waals surface area contributed by atoms with Crippen LogP contribution >= 0.6 is 22.9 Å². The fraction of sp³-hybridized carbons (Fsp3) is 0.344. The van der Waals surface area contributed by atoms with Crippen LogP contribution in [0.2, 0.25) is 5.02 Å². The van der Waals surface area contributed by atoms with E-state index in [0.717, 1.165) is 57.4 Å². The molecule has 0 saturated carbocycles. The van der Waals surface area contributed by atoms with Crippen molar-refractivity contribution in [2.45, 2.75) is 53.9 Å². The number of fused-ring (bicyclic) bond motifs is 2. The van der Waals surface area contributed by atoms with E-state index in [9.17, 15) is 9.59 Å². The SMILES string of the molecule is CCOC(=O)c1c(NC(=O)c2c(C)c(-c3ccc(Cl)cc3)nc3ccccc23)sc2c1CCC(C(C)(C)C)C2. The maximum atomic E-state index is 14.1. The number of benzene rings is 2. The predicted molar refractivity (Wildman–Crippen MR) is 160 cm³/mol. The Bertz CT molecular complexity index is 1570. The minimum absolute atomic E-state index is 0.167. The monoisotopic (exact) mass is 560 g/mol. The number of thiophene rings is 1. The van der Waals surface area contributed by atoms with Gasteiger partial charge in [0.15, 0.2) is 0 Å². The lowest BCUT2D eigenvalue weighted by Crippen LogP contribution is -2.26. The Hall–Kier alpha value is -3.22. The Morgan fingerprint density at radius 1 is 1.10 bits per heavy atom. The molecule has 5 nitrogen and oxygen atoms in total. The molecule has 2 heterocycles. The summed E-state index contributed by atoms with van der Waals surface area (Å²) < 4.78 is 5.45. The number of esters is 1. The number of carbonyl (C=O) groups is 2. The number of nitrogens with zero attached hydrogens (tertiary/aromatic N) is 1. The highest BCUT2D eigenvalue weighted by Crippen LogP contribution is 2.45. The molecule has 1 atom stereocenters. The number of rotatable bonds is 5. The van der Waals surface area contributed by atoms with Crippen molar-refractivity contribution in [3.05, 3.63) is 80.7 Å². The minimum atomic E-state index is -0.377. The third-order valence-electron chi connectivity index (χ3n) is 7.68. The van der Waals surface area contributed by atoms with Crippen molar-refractivity contribution in [3.8, 4) is 11.3 Å². The second kappa shape index (κ2) is 10.7. The summed E-state index contributed by atoms with van der Waals surface area (Å²) in [6, 6.07) is 15.1. The highest BCUT2D eigenvalue weighted by molar-refractivity contribution is 7.17. The van der Waals surface area contributed by atoms with Crippen molar-refractivity contribution < 1.29 is 14.3 Å². The Morgan fingerprint density at radius 2 is 1.82 bits per heavy atom. The van der Waals surface area contributed by atoms with Crippen LogP contribution in [-0.4, -0.2) is 23.5 Å². The van der Waals surface area contributed by atoms with E-state index >= 15 is 0 Å². The number of ether oxygens (including phenoxy) is 1. The van der Waals surface area contributed by atoms with E-state index in [0.29, 0.717) is 27.1 Å². The second-order valence-corrected chi connectivity index (χ2v) is 12.7. The molecule has 0 spiro atoms. The van der Waals surface area contributed by atoms with Crippen LogP contribution in [0.4, 0.5) is 5.00 Å². The fourth-order valence-corrected chi connectivity index (χ4v) is 6.92. The van der Waals surface area contributed by atoms with Gasteiger partial charge >= 0.3 is 5.97 Å². The van der Waals surface area contributed by atoms with Gasteiger partial charge in [-0.05, 0) is 73.8 Å². The summed E-state index contributed by atoms with van der Waals surface area (Å²) in [4.78, 5) is 33.3. The standard InChI is InChI=1S/C32H33ClN2O3S/c1-6-38-31(37)27-23-16-13-20(32(3,4)5)17-25(23)39-30(27)35-29(36)26-18(2)28(19-11-14-21(33)15-12-19)34-24-10-8-7-9-22(24)26/h7-12,14-15,20H,6,13,16-17H2,1-5H3,(H,35,36). The van der Waals surface area contributed by atoms with Crippen LogP contribution in [0.1, 0.15) is 70.8 Å². The second-order valence-electron chi connectivity index (χ2n) is 11.2. The molecule has 2 aromatic carbocycles. The Labute approximate surface area is 238 Å². The van der Waals surface area contributed by atoms with E-state index in [1.165, 1.54) is 11.3 Å². The van der Waals surface area contributed by atoms with Crippen LogP contribution in [0.5, 0.6) is 0 Å². The average molecular weight is 561 g/mol. The molecule has 0 saturated heterocycles. The van der Waals surface area contributed by atoms with Gasteiger partial charge < -0.3 is 10.1 Å². The molecule has 2 aromatic heterocycles. The van der Waals surface area contributed by atoms with Gasteiger partial charge in [-0.3, -0.25) is 4.79 Å². The number of para-hydroxylation sites is 1. The molecular weight excluding hydrogens is 528 g/mol. The summed E-state index contributed by atoms with van der Waals surface area (Å²) in [7, 11) is 0. The van der Waals surface area contributed by atoms with Crippen molar-refractivity contribution in [3.63, 3.8) is 0 Å². The molecule has 1 aliphatic carbocycles. The van der Waals surface area contributed by atoms with Gasteiger partial charge in [0, 0.05) is 20.8 Å². The molecule has 0 fully saturated rings. The molecule has 1 N–H and O–H groups in total. The highest BCUT2D eigenvalue weighted by Gasteiger charge is 2.35. The largest absolute Gasteiger partial charge is 0.462 e. The van der Waals surface area contributed by atoms with Crippen molar-refractivity contribution in [2.24, 2.45) is 11.3 Å². The van der Waals surface area contributed by atoms with Gasteiger partial charge in [-0.1, -0.05) is 62.7 Å². The van der Waals surface area contributed by atoms with Crippen LogP contribution in [-0.2, 0) is 17.6 Å². The molecular formula is C32H33ClN2O3S. The number of nitrogens with one attached hydrogen (secondary N) is 1. The van der Waals surface area contributed by atoms with Crippen molar-refractivity contribution in [1.29, 1.82) is 0 Å². The first-order valence-electron chi connectivity index (χ1n) is 13.4. The molecule has 1 aliphatic rings. The van der Waals surface area contributed by atoms with Crippen molar-refractivity contribution in [2.75, 3.05) is 11.9 Å². The zero-order chi connectivity index (χ0) is 27.9. The lowest BCUT2D eigenvalue weighted by molar-refractivity contribution is 0.0526. The number of hydrogen-bond acceptors (Lipinski definition) is 5. The smallest absolute Gasteiger partial charge is 0.341 e. The van der Waals surface area contributed by atoms with Gasteiger partial charge in [-0.25, -0.2) is 9.78 Å². The van der Waals surface area contributed by atoms with E-state index in [2.05, 4.69) is 26.1 Å². The van der Waals surface area contributed by atoms with Gasteiger partial charge in [0.1, 0.15) is 5.00 Å². The summed E-state index contributed by atoms with van der Waals surface area (Å²) in [5.41, 5.74) is 5.32. The van der Waals surface area contributed by atoms with E-state index in [1.807, 2.05) is 55.5 Å². The van der Waals surface area contributed by atoms with Crippen LogP contribution in [0, 0.1) is 18.3 Å². The molecule has 5 rings (SSSR count). The number of hydrogen-bond donors (Lipinski definition) is 1. The number of pyridine rings is 1. The van der Waals surface area contributed by atoms with Gasteiger partial charge in [0.05, 0.1) is 28.9 Å². The molecule has 0 bridgehead atoms. The molecule has 1 unspecified atom stereocenters. The molecule has 1 amide bonds. The van der Waals surface area contributed by atoms with Gasteiger partial charge in [-0.15, -0.1) is 11.3 Å². The first-order chi connectivity index (χ1) is 18.6. The summed E-state index contributed by atoms with van der Waals surface area (Å²) >= 11 is 7.63. The highest BCUT2D eigenvalue weighted by atomic mass is 35.5. The molecule has 7 heteroatoms. The van der Waals surface area contributed by atoms with Gasteiger partial charge in [0.2, 0.25) is 0 Å². The maximum absolute atomic E-state index is 14.1. The summed E-state index contributed by atoms with van der Waals surface area (Å²) in [6.07, 6.45) is 2.70. The number of amides is 1. The zero-order valence-corrected chi connectivity index (χ0v) is 24.6. The van der Waals surface area contributed by atoms with Crippen molar-refractivity contribution in [1.82, 2.24) is 4.98 Å². The van der Waals surface area contributed by atoms with E-state index in [4.69, 9.17) is 21.3 Å². The van der Waals surface area contributed by atoms with Gasteiger partial charge in [0.25, 0.3) is 5.91 Å². The first-order valence-corrected chi connectivity index (χ1v) is 14.6. The van der Waals surface area contributed by atoms with E-state index < -0.39 is 0 Å². The van der Waals surface area contributed by atoms with Crippen LogP contribution in [0.15, 0.2) is 48.5 Å². The zero-order valence-electron chi connectivity index (χ0n) is 23.0. The topological polar surface area (TPSA) is 68.3 Å². The van der Waals surface area contributed by atoms with E-state index in [-0.39, 0.29) is 23.9 Å². The number of aromatic nitrogens is 1.